The molecule has 4 nitrogen and oxygen atoms in total. The van der Waals surface area contributed by atoms with E-state index in [1.54, 1.807) is 0 Å². The Hall–Kier alpha value is -0.280. The smallest absolute Gasteiger partial charge is 0.243 e. The lowest BCUT2D eigenvalue weighted by Crippen LogP contribution is -2.42. The van der Waals surface area contributed by atoms with E-state index in [-0.39, 0.29) is 22.9 Å². The molecule has 0 aromatic heterocycles. The third-order valence-corrected chi connectivity index (χ3v) is 5.07. The minimum Gasteiger partial charge on any atom is -0.317 e. The Kier molecular flexibility index (Phi) is 6.33. The fraction of sp³-hybridized carbons (Fsp3) is 0.455. The first kappa shape index (κ1) is 17.8. The summed E-state index contributed by atoms with van der Waals surface area (Å²) in [7, 11) is -4.04. The van der Waals surface area contributed by atoms with E-state index in [4.69, 9.17) is 0 Å². The van der Waals surface area contributed by atoms with Gasteiger partial charge >= 0.3 is 0 Å². The van der Waals surface area contributed by atoms with Crippen molar-refractivity contribution in [1.82, 2.24) is 10.0 Å². The molecule has 0 atom stereocenters. The van der Waals surface area contributed by atoms with Gasteiger partial charge in [0.05, 0.1) is 4.47 Å². The first-order valence-corrected chi connectivity index (χ1v) is 8.05. The molecule has 1 saturated heterocycles. The molecule has 1 aliphatic rings. The van der Waals surface area contributed by atoms with Gasteiger partial charge in [0.25, 0.3) is 0 Å². The van der Waals surface area contributed by atoms with Gasteiger partial charge in [-0.1, -0.05) is 0 Å². The highest BCUT2D eigenvalue weighted by Gasteiger charge is 2.25. The number of nitrogens with one attached hydrogen (secondary N) is 2. The molecular formula is C11H14BrClF2N2O2S. The van der Waals surface area contributed by atoms with Crippen molar-refractivity contribution in [1.29, 1.82) is 0 Å². The molecule has 1 aliphatic heterocycles. The van der Waals surface area contributed by atoms with Gasteiger partial charge in [-0.2, -0.15) is 0 Å². The van der Waals surface area contributed by atoms with Crippen LogP contribution in [0, 0.1) is 11.6 Å². The van der Waals surface area contributed by atoms with Crippen molar-refractivity contribution in [3.63, 3.8) is 0 Å². The van der Waals surface area contributed by atoms with Crippen LogP contribution in [-0.4, -0.2) is 27.5 Å². The average molecular weight is 392 g/mol. The van der Waals surface area contributed by atoms with Crippen LogP contribution >= 0.6 is 28.3 Å². The van der Waals surface area contributed by atoms with Crippen LogP contribution in [0.1, 0.15) is 12.8 Å². The van der Waals surface area contributed by atoms with Crippen LogP contribution in [0.5, 0.6) is 0 Å². The summed E-state index contributed by atoms with van der Waals surface area (Å²) >= 11 is 2.81. The molecule has 0 saturated carbocycles. The van der Waals surface area contributed by atoms with Crippen LogP contribution in [0.15, 0.2) is 21.5 Å². The first-order chi connectivity index (χ1) is 8.90. The Bertz CT molecular complexity index is 580. The number of piperidine rings is 1. The van der Waals surface area contributed by atoms with E-state index in [0.29, 0.717) is 32.0 Å². The van der Waals surface area contributed by atoms with Gasteiger partial charge in [0.15, 0.2) is 0 Å². The summed E-state index contributed by atoms with van der Waals surface area (Å²) in [5.41, 5.74) is 0. The largest absolute Gasteiger partial charge is 0.317 e. The van der Waals surface area contributed by atoms with Crippen LogP contribution < -0.4 is 10.0 Å². The van der Waals surface area contributed by atoms with Crippen LogP contribution in [-0.2, 0) is 10.0 Å². The molecule has 9 heteroatoms. The predicted molar refractivity (Wildman–Crippen MR) is 77.5 cm³/mol. The summed E-state index contributed by atoms with van der Waals surface area (Å²) < 4.78 is 53.4. The SMILES string of the molecule is Cl.O=S(=O)(NC1CCNCC1)c1cc(F)c(Br)cc1F. The molecule has 0 unspecified atom stereocenters. The average Bonchev–Trinajstić information content (AvgIpc) is 2.34. The predicted octanol–water partition coefficient (Wildman–Crippen LogP) is 2.18. The monoisotopic (exact) mass is 390 g/mol. The molecule has 1 heterocycles. The Morgan fingerprint density at radius 2 is 1.80 bits per heavy atom. The molecule has 20 heavy (non-hydrogen) atoms. The molecule has 0 aliphatic carbocycles. The second-order valence-electron chi connectivity index (χ2n) is 4.34. The topological polar surface area (TPSA) is 58.2 Å². The molecule has 2 N–H and O–H groups in total. The van der Waals surface area contributed by atoms with E-state index in [1.165, 1.54) is 0 Å². The van der Waals surface area contributed by atoms with Gasteiger partial charge < -0.3 is 5.32 Å². The van der Waals surface area contributed by atoms with Crippen molar-refractivity contribution >= 4 is 38.4 Å². The molecule has 1 fully saturated rings. The Morgan fingerprint density at radius 3 is 2.40 bits per heavy atom. The van der Waals surface area contributed by atoms with Crippen molar-refractivity contribution in [2.45, 2.75) is 23.8 Å². The maximum absolute atomic E-state index is 13.7. The first-order valence-electron chi connectivity index (χ1n) is 5.78. The van der Waals surface area contributed by atoms with Gasteiger partial charge in [-0.25, -0.2) is 21.9 Å². The lowest BCUT2D eigenvalue weighted by molar-refractivity contribution is 0.425. The van der Waals surface area contributed by atoms with Crippen LogP contribution in [0.25, 0.3) is 0 Å². The fourth-order valence-electron chi connectivity index (χ4n) is 1.93. The number of halogens is 4. The van der Waals surface area contributed by atoms with E-state index in [9.17, 15) is 17.2 Å². The highest BCUT2D eigenvalue weighted by molar-refractivity contribution is 9.10. The number of benzene rings is 1. The van der Waals surface area contributed by atoms with Crippen LogP contribution in [0.2, 0.25) is 0 Å². The van der Waals surface area contributed by atoms with Crippen LogP contribution in [0.3, 0.4) is 0 Å². The molecule has 2 rings (SSSR count). The van der Waals surface area contributed by atoms with Gasteiger partial charge in [0, 0.05) is 6.04 Å². The molecule has 114 valence electrons. The summed E-state index contributed by atoms with van der Waals surface area (Å²) in [6, 6.07) is 1.24. The minimum absolute atomic E-state index is 0. The lowest BCUT2D eigenvalue weighted by Gasteiger charge is -2.23. The number of rotatable bonds is 3. The third kappa shape index (κ3) is 4.11. The molecular weight excluding hydrogens is 378 g/mol. The zero-order valence-corrected chi connectivity index (χ0v) is 13.5. The van der Waals surface area contributed by atoms with Gasteiger partial charge in [0.1, 0.15) is 16.5 Å². The standard InChI is InChI=1S/C11H13BrF2N2O2S.ClH/c12-8-5-10(14)11(6-9(8)13)19(17,18)16-7-1-3-15-4-2-7;/h5-7,15-16H,1-4H2;1H. The van der Waals surface area contributed by atoms with Gasteiger partial charge in [0.2, 0.25) is 10.0 Å². The maximum Gasteiger partial charge on any atom is 0.243 e. The second kappa shape index (κ2) is 7.13. The Morgan fingerprint density at radius 1 is 1.20 bits per heavy atom. The highest BCUT2D eigenvalue weighted by atomic mass is 79.9. The van der Waals surface area contributed by atoms with E-state index in [0.717, 1.165) is 6.07 Å². The zero-order chi connectivity index (χ0) is 14.0. The summed E-state index contributed by atoms with van der Waals surface area (Å²) in [5.74, 6) is -1.79. The third-order valence-electron chi connectivity index (χ3n) is 2.93. The number of sulfonamides is 1. The van der Waals surface area contributed by atoms with Crippen molar-refractivity contribution in [3.05, 3.63) is 28.2 Å². The maximum atomic E-state index is 13.7. The number of hydrogen-bond donors (Lipinski definition) is 2. The molecule has 0 amide bonds. The van der Waals surface area contributed by atoms with E-state index < -0.39 is 26.6 Å². The summed E-state index contributed by atoms with van der Waals surface area (Å²) in [5, 5.41) is 3.09. The zero-order valence-electron chi connectivity index (χ0n) is 10.3. The normalized spacial score (nSPS) is 16.8. The van der Waals surface area contributed by atoms with E-state index >= 15 is 0 Å². The lowest BCUT2D eigenvalue weighted by atomic mass is 10.1. The second-order valence-corrected chi connectivity index (χ2v) is 6.88. The quantitative estimate of drug-likeness (QED) is 0.777. The van der Waals surface area contributed by atoms with Crippen molar-refractivity contribution in [2.24, 2.45) is 0 Å². The fourth-order valence-corrected chi connectivity index (χ4v) is 3.62. The summed E-state index contributed by atoms with van der Waals surface area (Å²) in [4.78, 5) is -0.660. The van der Waals surface area contributed by atoms with Crippen molar-refractivity contribution < 1.29 is 17.2 Å². The Balaban J connectivity index is 0.00000200. The molecule has 1 aromatic rings. The van der Waals surface area contributed by atoms with Gasteiger partial charge in [-0.3, -0.25) is 0 Å². The van der Waals surface area contributed by atoms with Gasteiger partial charge in [-0.05, 0) is 54.0 Å². The molecule has 0 bridgehead atoms. The number of hydrogen-bond acceptors (Lipinski definition) is 3. The summed E-state index contributed by atoms with van der Waals surface area (Å²) in [6.45, 7) is 1.40. The van der Waals surface area contributed by atoms with Crippen molar-refractivity contribution in [3.8, 4) is 0 Å². The molecule has 1 aromatic carbocycles. The highest BCUT2D eigenvalue weighted by Crippen LogP contribution is 2.23. The summed E-state index contributed by atoms with van der Waals surface area (Å²) in [6.07, 6.45) is 1.25. The van der Waals surface area contributed by atoms with Crippen molar-refractivity contribution in [2.75, 3.05) is 13.1 Å². The molecule has 0 spiro atoms. The van der Waals surface area contributed by atoms with Crippen LogP contribution in [0.4, 0.5) is 8.78 Å². The Labute approximate surface area is 130 Å². The minimum atomic E-state index is -4.04. The molecule has 0 radical (unpaired) electrons. The van der Waals surface area contributed by atoms with E-state index in [1.807, 2.05) is 0 Å². The van der Waals surface area contributed by atoms with E-state index in [2.05, 4.69) is 26.0 Å². The van der Waals surface area contributed by atoms with Gasteiger partial charge in [-0.15, -0.1) is 12.4 Å².